The minimum Gasteiger partial charge on any atom is -0.483 e. The van der Waals surface area contributed by atoms with E-state index in [0.717, 1.165) is 0 Å². The number of rotatable bonds is 7. The number of benzene rings is 1. The predicted octanol–water partition coefficient (Wildman–Crippen LogP) is 2.57. The third kappa shape index (κ3) is 3.51. The lowest BCUT2D eigenvalue weighted by atomic mass is 10.3. The summed E-state index contributed by atoms with van der Waals surface area (Å²) in [5.74, 6) is -12.0. The highest BCUT2D eigenvalue weighted by Crippen LogP contribution is 2.29. The Balaban J connectivity index is 3.09. The van der Waals surface area contributed by atoms with E-state index in [2.05, 4.69) is 4.74 Å². The standard InChI is InChI=1S/C11H13F5O4Si/c1-4-20-21(17-2,18-3)5-19-11-9(15)7(13)6(12)8(14)10(11)16/h4-5H2,1-3H3. The molecular formula is C11H13F5O4Si. The van der Waals surface area contributed by atoms with E-state index in [9.17, 15) is 22.0 Å². The summed E-state index contributed by atoms with van der Waals surface area (Å²) >= 11 is 0. The van der Waals surface area contributed by atoms with Crippen molar-refractivity contribution in [1.82, 2.24) is 0 Å². The topological polar surface area (TPSA) is 36.9 Å². The predicted molar refractivity (Wildman–Crippen MR) is 63.1 cm³/mol. The van der Waals surface area contributed by atoms with Crippen molar-refractivity contribution in [1.29, 1.82) is 0 Å². The van der Waals surface area contributed by atoms with Gasteiger partial charge in [0, 0.05) is 20.8 Å². The van der Waals surface area contributed by atoms with Crippen LogP contribution in [0.3, 0.4) is 0 Å². The van der Waals surface area contributed by atoms with Crippen LogP contribution in [0.25, 0.3) is 0 Å². The van der Waals surface area contributed by atoms with Gasteiger partial charge in [0.15, 0.2) is 12.0 Å². The van der Waals surface area contributed by atoms with Crippen molar-refractivity contribution in [3.8, 4) is 5.75 Å². The van der Waals surface area contributed by atoms with Gasteiger partial charge in [-0.25, -0.2) is 13.2 Å². The van der Waals surface area contributed by atoms with Crippen molar-refractivity contribution in [2.75, 3.05) is 27.1 Å². The lowest BCUT2D eigenvalue weighted by Gasteiger charge is -2.25. The molecular weight excluding hydrogens is 319 g/mol. The maximum Gasteiger partial charge on any atom is 0.540 e. The van der Waals surface area contributed by atoms with Gasteiger partial charge >= 0.3 is 8.80 Å². The maximum atomic E-state index is 13.4. The van der Waals surface area contributed by atoms with E-state index >= 15 is 0 Å². The van der Waals surface area contributed by atoms with E-state index < -0.39 is 49.9 Å². The average molecular weight is 332 g/mol. The average Bonchev–Trinajstić information content (AvgIpc) is 2.50. The number of halogens is 5. The first-order valence-electron chi connectivity index (χ1n) is 5.72. The molecule has 0 amide bonds. The van der Waals surface area contributed by atoms with Crippen molar-refractivity contribution in [3.63, 3.8) is 0 Å². The highest BCUT2D eigenvalue weighted by molar-refractivity contribution is 6.60. The van der Waals surface area contributed by atoms with Crippen LogP contribution in [-0.4, -0.2) is 35.9 Å². The number of hydrogen-bond donors (Lipinski definition) is 0. The highest BCUT2D eigenvalue weighted by Gasteiger charge is 2.41. The second kappa shape index (κ2) is 7.16. The van der Waals surface area contributed by atoms with Gasteiger partial charge in [-0.05, 0) is 6.92 Å². The van der Waals surface area contributed by atoms with Gasteiger partial charge in [0.25, 0.3) is 0 Å². The van der Waals surface area contributed by atoms with E-state index in [4.69, 9.17) is 13.3 Å². The Morgan fingerprint density at radius 1 is 0.810 bits per heavy atom. The molecule has 10 heteroatoms. The fraction of sp³-hybridized carbons (Fsp3) is 0.455. The first kappa shape index (κ1) is 17.8. The summed E-state index contributed by atoms with van der Waals surface area (Å²) < 4.78 is 85.5. The third-order valence-corrected chi connectivity index (χ3v) is 5.02. The Kier molecular flexibility index (Phi) is 6.07. The molecule has 0 heterocycles. The van der Waals surface area contributed by atoms with Gasteiger partial charge in [-0.2, -0.15) is 8.78 Å². The molecule has 0 saturated carbocycles. The van der Waals surface area contributed by atoms with Crippen molar-refractivity contribution in [2.45, 2.75) is 6.92 Å². The molecule has 1 aromatic rings. The summed E-state index contributed by atoms with van der Waals surface area (Å²) in [6.45, 7) is 1.76. The summed E-state index contributed by atoms with van der Waals surface area (Å²) in [4.78, 5) is 0. The van der Waals surface area contributed by atoms with Crippen LogP contribution in [0.5, 0.6) is 5.75 Å². The fourth-order valence-corrected chi connectivity index (χ4v) is 2.94. The van der Waals surface area contributed by atoms with E-state index in [1.807, 2.05) is 0 Å². The van der Waals surface area contributed by atoms with Crippen LogP contribution in [0, 0.1) is 29.1 Å². The Bertz CT molecular complexity index is 481. The molecule has 0 unspecified atom stereocenters. The van der Waals surface area contributed by atoms with E-state index in [-0.39, 0.29) is 6.61 Å². The minimum absolute atomic E-state index is 0.147. The Morgan fingerprint density at radius 2 is 1.24 bits per heavy atom. The Hall–Kier alpha value is -1.23. The second-order valence-electron chi connectivity index (χ2n) is 3.71. The second-order valence-corrected chi connectivity index (χ2v) is 6.47. The Morgan fingerprint density at radius 3 is 1.62 bits per heavy atom. The molecule has 0 bridgehead atoms. The summed E-state index contributed by atoms with van der Waals surface area (Å²) in [6, 6.07) is 0. The molecule has 0 N–H and O–H groups in total. The van der Waals surface area contributed by atoms with Crippen molar-refractivity contribution >= 4 is 8.80 Å². The smallest absolute Gasteiger partial charge is 0.483 e. The van der Waals surface area contributed by atoms with Crippen molar-refractivity contribution in [3.05, 3.63) is 29.1 Å². The minimum atomic E-state index is -3.41. The normalized spacial score (nSPS) is 11.8. The zero-order chi connectivity index (χ0) is 16.2. The van der Waals surface area contributed by atoms with Gasteiger partial charge in [-0.1, -0.05) is 0 Å². The molecule has 4 nitrogen and oxygen atoms in total. The SMILES string of the molecule is CCO[Si](COc1c(F)c(F)c(F)c(F)c1F)(OC)OC. The molecule has 0 radical (unpaired) electrons. The van der Waals surface area contributed by atoms with Gasteiger partial charge in [0.05, 0.1) is 0 Å². The third-order valence-electron chi connectivity index (χ3n) is 2.55. The molecule has 1 rings (SSSR count). The van der Waals surface area contributed by atoms with Crippen LogP contribution in [0.2, 0.25) is 0 Å². The molecule has 0 aromatic heterocycles. The molecule has 0 aliphatic rings. The molecule has 0 aliphatic heterocycles. The van der Waals surface area contributed by atoms with E-state index in [1.54, 1.807) is 6.92 Å². The van der Waals surface area contributed by atoms with Crippen LogP contribution < -0.4 is 4.74 Å². The van der Waals surface area contributed by atoms with Crippen molar-refractivity contribution < 1.29 is 40.0 Å². The Labute approximate surface area is 118 Å². The summed E-state index contributed by atoms with van der Waals surface area (Å²) in [6.07, 6.45) is -0.619. The molecule has 0 saturated heterocycles. The first-order valence-corrected chi connectivity index (χ1v) is 7.65. The quantitative estimate of drug-likeness (QED) is 0.333. The fourth-order valence-electron chi connectivity index (χ4n) is 1.45. The maximum absolute atomic E-state index is 13.4. The van der Waals surface area contributed by atoms with Crippen molar-refractivity contribution in [2.24, 2.45) is 0 Å². The molecule has 0 spiro atoms. The van der Waals surface area contributed by atoms with Crippen LogP contribution in [0.1, 0.15) is 6.92 Å². The van der Waals surface area contributed by atoms with Gasteiger partial charge in [0.2, 0.25) is 29.1 Å². The highest BCUT2D eigenvalue weighted by atomic mass is 28.4. The summed E-state index contributed by atoms with van der Waals surface area (Å²) in [5.41, 5.74) is 0. The first-order chi connectivity index (χ1) is 9.83. The summed E-state index contributed by atoms with van der Waals surface area (Å²) in [7, 11) is -0.984. The monoisotopic (exact) mass is 332 g/mol. The summed E-state index contributed by atoms with van der Waals surface area (Å²) in [5, 5.41) is 0. The van der Waals surface area contributed by atoms with Gasteiger partial charge in [-0.15, -0.1) is 0 Å². The zero-order valence-electron chi connectivity index (χ0n) is 11.4. The largest absolute Gasteiger partial charge is 0.540 e. The van der Waals surface area contributed by atoms with E-state index in [1.165, 1.54) is 14.2 Å². The van der Waals surface area contributed by atoms with Crippen LogP contribution in [-0.2, 0) is 13.3 Å². The van der Waals surface area contributed by atoms with Crippen LogP contribution >= 0.6 is 0 Å². The number of hydrogen-bond acceptors (Lipinski definition) is 4. The molecule has 0 atom stereocenters. The van der Waals surface area contributed by atoms with Crippen LogP contribution in [0.15, 0.2) is 0 Å². The molecule has 0 fully saturated rings. The van der Waals surface area contributed by atoms with Gasteiger partial charge < -0.3 is 18.0 Å². The van der Waals surface area contributed by atoms with Crippen LogP contribution in [0.4, 0.5) is 22.0 Å². The van der Waals surface area contributed by atoms with Gasteiger partial charge in [-0.3, -0.25) is 0 Å². The van der Waals surface area contributed by atoms with E-state index in [0.29, 0.717) is 0 Å². The lowest BCUT2D eigenvalue weighted by molar-refractivity contribution is 0.0812. The molecule has 21 heavy (non-hydrogen) atoms. The van der Waals surface area contributed by atoms with Gasteiger partial charge in [0.1, 0.15) is 0 Å². The molecule has 1 aromatic carbocycles. The number of ether oxygens (including phenoxy) is 1. The zero-order valence-corrected chi connectivity index (χ0v) is 12.4. The lowest BCUT2D eigenvalue weighted by Crippen LogP contribution is -2.50. The molecule has 0 aliphatic carbocycles. The molecule has 120 valence electrons.